The topological polar surface area (TPSA) is 61.4 Å². The lowest BCUT2D eigenvalue weighted by atomic mass is 9.99. The van der Waals surface area contributed by atoms with Crippen LogP contribution in [0.5, 0.6) is 0 Å². The van der Waals surface area contributed by atoms with Gasteiger partial charge >= 0.3 is 0 Å². The molecule has 1 heterocycles. The third-order valence-electron chi connectivity index (χ3n) is 4.07. The number of hydrogen-bond donors (Lipinski definition) is 3. The van der Waals surface area contributed by atoms with Crippen molar-refractivity contribution < 1.29 is 9.90 Å². The van der Waals surface area contributed by atoms with Gasteiger partial charge in [-0.05, 0) is 29.7 Å². The molecule has 2 aromatic carbocycles. The molecule has 4 heteroatoms. The molecule has 2 aromatic rings. The van der Waals surface area contributed by atoms with Crippen LogP contribution in [0.1, 0.15) is 24.9 Å². The Morgan fingerprint density at radius 3 is 2.81 bits per heavy atom. The van der Waals surface area contributed by atoms with Gasteiger partial charge in [-0.3, -0.25) is 4.79 Å². The van der Waals surface area contributed by atoms with E-state index in [1.165, 1.54) is 5.39 Å². The maximum absolute atomic E-state index is 12.2. The molecule has 1 saturated heterocycles. The molecule has 0 spiro atoms. The molecule has 0 saturated carbocycles. The van der Waals surface area contributed by atoms with Crippen LogP contribution in [0.15, 0.2) is 42.5 Å². The summed E-state index contributed by atoms with van der Waals surface area (Å²) in [5, 5.41) is 17.9. The highest BCUT2D eigenvalue weighted by molar-refractivity contribution is 5.87. The van der Waals surface area contributed by atoms with E-state index in [4.69, 9.17) is 0 Å². The fourth-order valence-corrected chi connectivity index (χ4v) is 2.94. The predicted molar refractivity (Wildman–Crippen MR) is 82.9 cm³/mol. The first kappa shape index (κ1) is 14.0. The highest BCUT2D eigenvalue weighted by Gasteiger charge is 2.28. The minimum absolute atomic E-state index is 0.0491. The van der Waals surface area contributed by atoms with Crippen molar-refractivity contribution in [1.29, 1.82) is 0 Å². The van der Waals surface area contributed by atoms with Crippen molar-refractivity contribution in [2.45, 2.75) is 31.5 Å². The van der Waals surface area contributed by atoms with Crippen molar-refractivity contribution >= 4 is 16.7 Å². The Balaban J connectivity index is 1.78. The minimum atomic E-state index is -0.423. The number of hydrogen-bond acceptors (Lipinski definition) is 3. The van der Waals surface area contributed by atoms with E-state index in [0.29, 0.717) is 13.0 Å². The van der Waals surface area contributed by atoms with Crippen molar-refractivity contribution in [3.05, 3.63) is 48.0 Å². The molecule has 0 aromatic heterocycles. The summed E-state index contributed by atoms with van der Waals surface area (Å²) in [5.41, 5.74) is 1.11. The van der Waals surface area contributed by atoms with Gasteiger partial charge in [-0.2, -0.15) is 0 Å². The highest BCUT2D eigenvalue weighted by Crippen LogP contribution is 2.24. The normalized spacial score (nSPS) is 23.1. The van der Waals surface area contributed by atoms with Crippen LogP contribution in [0.2, 0.25) is 0 Å². The molecule has 3 unspecified atom stereocenters. The number of aliphatic hydroxyl groups excluding tert-OH is 1. The summed E-state index contributed by atoms with van der Waals surface area (Å²) < 4.78 is 0. The molecule has 1 fully saturated rings. The second-order valence-electron chi connectivity index (χ2n) is 5.65. The Labute approximate surface area is 124 Å². The Morgan fingerprint density at radius 1 is 1.29 bits per heavy atom. The maximum atomic E-state index is 12.2. The van der Waals surface area contributed by atoms with Crippen molar-refractivity contribution in [2.75, 3.05) is 6.54 Å². The van der Waals surface area contributed by atoms with Gasteiger partial charge in [0.15, 0.2) is 0 Å². The van der Waals surface area contributed by atoms with E-state index in [2.05, 4.69) is 28.8 Å². The predicted octanol–water partition coefficient (Wildman–Crippen LogP) is 1.74. The van der Waals surface area contributed by atoms with Crippen LogP contribution in [0, 0.1) is 0 Å². The van der Waals surface area contributed by atoms with Crippen molar-refractivity contribution in [2.24, 2.45) is 0 Å². The van der Waals surface area contributed by atoms with Crippen LogP contribution in [0.25, 0.3) is 10.8 Å². The van der Waals surface area contributed by atoms with E-state index < -0.39 is 6.10 Å². The third-order valence-corrected chi connectivity index (χ3v) is 4.07. The van der Waals surface area contributed by atoms with Gasteiger partial charge in [-0.25, -0.2) is 0 Å². The number of fused-ring (bicyclic) bond motifs is 1. The Bertz CT molecular complexity index is 651. The van der Waals surface area contributed by atoms with Gasteiger partial charge < -0.3 is 15.7 Å². The zero-order valence-electron chi connectivity index (χ0n) is 12.0. The quantitative estimate of drug-likeness (QED) is 0.804. The molecule has 3 N–H and O–H groups in total. The average Bonchev–Trinajstić information content (AvgIpc) is 2.93. The summed E-state index contributed by atoms with van der Waals surface area (Å²) in [6.45, 7) is 2.48. The van der Waals surface area contributed by atoms with Crippen molar-refractivity contribution in [1.82, 2.24) is 10.6 Å². The molecule has 0 radical (unpaired) electrons. The first-order chi connectivity index (χ1) is 10.1. The van der Waals surface area contributed by atoms with E-state index in [-0.39, 0.29) is 18.0 Å². The minimum Gasteiger partial charge on any atom is -0.392 e. The van der Waals surface area contributed by atoms with Crippen LogP contribution >= 0.6 is 0 Å². The van der Waals surface area contributed by atoms with Gasteiger partial charge in [0, 0.05) is 6.54 Å². The van der Waals surface area contributed by atoms with Crippen LogP contribution in [-0.2, 0) is 4.79 Å². The number of aliphatic hydroxyl groups is 1. The third kappa shape index (κ3) is 2.91. The van der Waals surface area contributed by atoms with E-state index >= 15 is 0 Å². The zero-order valence-corrected chi connectivity index (χ0v) is 12.0. The van der Waals surface area contributed by atoms with E-state index in [1.807, 2.05) is 31.2 Å². The summed E-state index contributed by atoms with van der Waals surface area (Å²) in [6, 6.07) is 13.9. The molecule has 0 bridgehead atoms. The van der Waals surface area contributed by atoms with Crippen molar-refractivity contribution in [3.63, 3.8) is 0 Å². The molecule has 4 nitrogen and oxygen atoms in total. The summed E-state index contributed by atoms with van der Waals surface area (Å²) in [6.07, 6.45) is 0.0577. The molecule has 3 rings (SSSR count). The Hall–Kier alpha value is -1.91. The lowest BCUT2D eigenvalue weighted by Crippen LogP contribution is -2.41. The average molecular weight is 284 g/mol. The number of β-amino-alcohol motifs (C(OH)–C–C–N with tert-alkyl or cyclic N) is 1. The Kier molecular flexibility index (Phi) is 3.90. The molecule has 3 atom stereocenters. The smallest absolute Gasteiger partial charge is 0.237 e. The van der Waals surface area contributed by atoms with Crippen LogP contribution in [0.3, 0.4) is 0 Å². The highest BCUT2D eigenvalue weighted by atomic mass is 16.3. The maximum Gasteiger partial charge on any atom is 0.237 e. The number of rotatable bonds is 3. The van der Waals surface area contributed by atoms with E-state index in [1.54, 1.807) is 0 Å². The molecule has 110 valence electrons. The lowest BCUT2D eigenvalue weighted by Gasteiger charge is -2.19. The van der Waals surface area contributed by atoms with E-state index in [0.717, 1.165) is 10.9 Å². The van der Waals surface area contributed by atoms with Crippen molar-refractivity contribution in [3.8, 4) is 0 Å². The zero-order chi connectivity index (χ0) is 14.8. The molecule has 0 aliphatic carbocycles. The number of benzene rings is 2. The van der Waals surface area contributed by atoms with Crippen LogP contribution in [0.4, 0.5) is 0 Å². The lowest BCUT2D eigenvalue weighted by molar-refractivity contribution is -0.123. The van der Waals surface area contributed by atoms with Gasteiger partial charge in [0.2, 0.25) is 5.91 Å². The van der Waals surface area contributed by atoms with Crippen LogP contribution < -0.4 is 10.6 Å². The largest absolute Gasteiger partial charge is 0.392 e. The summed E-state index contributed by atoms with van der Waals surface area (Å²) in [5.74, 6) is -0.0491. The summed E-state index contributed by atoms with van der Waals surface area (Å²) in [7, 11) is 0. The number of carbonyl (C=O) groups excluding carboxylic acids is 1. The number of amides is 1. The number of nitrogens with one attached hydrogen (secondary N) is 2. The van der Waals surface area contributed by atoms with E-state index in [9.17, 15) is 9.90 Å². The molecular weight excluding hydrogens is 264 g/mol. The number of carbonyl (C=O) groups is 1. The summed E-state index contributed by atoms with van der Waals surface area (Å²) >= 11 is 0. The summed E-state index contributed by atoms with van der Waals surface area (Å²) in [4.78, 5) is 12.2. The van der Waals surface area contributed by atoms with Gasteiger partial charge in [0.1, 0.15) is 0 Å². The van der Waals surface area contributed by atoms with Gasteiger partial charge in [0.25, 0.3) is 0 Å². The fourth-order valence-electron chi connectivity index (χ4n) is 2.94. The first-order valence-electron chi connectivity index (χ1n) is 7.34. The molecule has 21 heavy (non-hydrogen) atoms. The Morgan fingerprint density at radius 2 is 2.05 bits per heavy atom. The van der Waals surface area contributed by atoms with Gasteiger partial charge in [-0.15, -0.1) is 0 Å². The molecular formula is C17H20N2O2. The monoisotopic (exact) mass is 284 g/mol. The van der Waals surface area contributed by atoms with Gasteiger partial charge in [0.05, 0.1) is 18.2 Å². The standard InChI is InChI=1S/C17H20N2O2/c1-11(19-17(21)16-9-13(20)10-18-16)14-8-4-6-12-5-2-3-7-15(12)14/h2-8,11,13,16,18,20H,9-10H2,1H3,(H,19,21). The second-order valence-corrected chi connectivity index (χ2v) is 5.65. The second kappa shape index (κ2) is 5.84. The molecule has 1 aliphatic heterocycles. The molecule has 1 amide bonds. The van der Waals surface area contributed by atoms with Crippen LogP contribution in [-0.4, -0.2) is 29.7 Å². The molecule has 1 aliphatic rings. The van der Waals surface area contributed by atoms with Gasteiger partial charge in [-0.1, -0.05) is 42.5 Å². The SMILES string of the molecule is CC(NC(=O)C1CC(O)CN1)c1cccc2ccccc12. The fraction of sp³-hybridized carbons (Fsp3) is 0.353. The first-order valence-corrected chi connectivity index (χ1v) is 7.34.